The summed E-state index contributed by atoms with van der Waals surface area (Å²) in [5.41, 5.74) is 1.24. The molecule has 1 aliphatic rings. The maximum Gasteiger partial charge on any atom is 0.223 e. The Morgan fingerprint density at radius 1 is 1.24 bits per heavy atom. The first kappa shape index (κ1) is 15.6. The highest BCUT2D eigenvalue weighted by atomic mass is 16.5. The lowest BCUT2D eigenvalue weighted by Gasteiger charge is -2.17. The van der Waals surface area contributed by atoms with Crippen LogP contribution in [0.5, 0.6) is 5.75 Å². The number of unbranched alkanes of at least 4 members (excludes halogenated alkanes) is 1. The Kier molecular flexibility index (Phi) is 6.32. The SMILES string of the molecule is Cc1ccc(OCCCCNC(=O)[C@@H]2CC=CCC2)cc1. The van der Waals surface area contributed by atoms with Gasteiger partial charge >= 0.3 is 0 Å². The minimum atomic E-state index is 0.179. The predicted octanol–water partition coefficient (Wildman–Crippen LogP) is 3.63. The molecule has 1 aromatic carbocycles. The van der Waals surface area contributed by atoms with E-state index >= 15 is 0 Å². The van der Waals surface area contributed by atoms with Crippen LogP contribution >= 0.6 is 0 Å². The van der Waals surface area contributed by atoms with Crippen molar-refractivity contribution in [2.45, 2.75) is 39.0 Å². The topological polar surface area (TPSA) is 38.3 Å². The summed E-state index contributed by atoms with van der Waals surface area (Å²) in [4.78, 5) is 11.9. The van der Waals surface area contributed by atoms with Crippen molar-refractivity contribution in [3.05, 3.63) is 42.0 Å². The third kappa shape index (κ3) is 5.62. The van der Waals surface area contributed by atoms with Crippen LogP contribution in [0.2, 0.25) is 0 Å². The van der Waals surface area contributed by atoms with Crippen molar-refractivity contribution in [3.8, 4) is 5.75 Å². The number of carbonyl (C=O) groups excluding carboxylic acids is 1. The average Bonchev–Trinajstić information content (AvgIpc) is 2.53. The lowest BCUT2D eigenvalue weighted by atomic mass is 9.94. The first-order valence-corrected chi connectivity index (χ1v) is 7.88. The van der Waals surface area contributed by atoms with Gasteiger partial charge in [-0.25, -0.2) is 0 Å². The zero-order chi connectivity index (χ0) is 14.9. The van der Waals surface area contributed by atoms with Crippen molar-refractivity contribution in [3.63, 3.8) is 0 Å². The molecule has 0 saturated heterocycles. The van der Waals surface area contributed by atoms with Gasteiger partial charge < -0.3 is 10.1 Å². The zero-order valence-corrected chi connectivity index (χ0v) is 12.8. The van der Waals surface area contributed by atoms with Gasteiger partial charge in [-0.15, -0.1) is 0 Å². The minimum Gasteiger partial charge on any atom is -0.494 e. The number of rotatable bonds is 7. The van der Waals surface area contributed by atoms with Crippen LogP contribution in [0.1, 0.15) is 37.7 Å². The normalized spacial score (nSPS) is 17.5. The molecule has 0 heterocycles. The molecule has 0 aliphatic heterocycles. The van der Waals surface area contributed by atoms with Crippen LogP contribution in [0, 0.1) is 12.8 Å². The van der Waals surface area contributed by atoms with E-state index in [-0.39, 0.29) is 11.8 Å². The second kappa shape index (κ2) is 8.50. The van der Waals surface area contributed by atoms with Crippen molar-refractivity contribution in [2.24, 2.45) is 5.92 Å². The monoisotopic (exact) mass is 287 g/mol. The lowest BCUT2D eigenvalue weighted by Crippen LogP contribution is -2.32. The van der Waals surface area contributed by atoms with Crippen LogP contribution in [0.25, 0.3) is 0 Å². The number of allylic oxidation sites excluding steroid dienone is 2. The number of hydrogen-bond acceptors (Lipinski definition) is 2. The molecule has 1 atom stereocenters. The third-order valence-corrected chi connectivity index (χ3v) is 3.80. The maximum absolute atomic E-state index is 11.9. The largest absolute Gasteiger partial charge is 0.494 e. The van der Waals surface area contributed by atoms with Crippen LogP contribution < -0.4 is 10.1 Å². The van der Waals surface area contributed by atoms with E-state index in [1.165, 1.54) is 5.56 Å². The minimum absolute atomic E-state index is 0.179. The van der Waals surface area contributed by atoms with Gasteiger partial charge in [0.2, 0.25) is 5.91 Å². The molecule has 0 aromatic heterocycles. The van der Waals surface area contributed by atoms with E-state index in [1.54, 1.807) is 0 Å². The molecule has 3 nitrogen and oxygen atoms in total. The van der Waals surface area contributed by atoms with Gasteiger partial charge in [0.25, 0.3) is 0 Å². The summed E-state index contributed by atoms with van der Waals surface area (Å²) in [6.45, 7) is 3.51. The number of nitrogens with one attached hydrogen (secondary N) is 1. The van der Waals surface area contributed by atoms with Gasteiger partial charge in [0.05, 0.1) is 6.61 Å². The second-order valence-corrected chi connectivity index (χ2v) is 5.64. The Balaban J connectivity index is 1.52. The van der Waals surface area contributed by atoms with Crippen LogP contribution in [0.15, 0.2) is 36.4 Å². The summed E-state index contributed by atoms with van der Waals surface area (Å²) >= 11 is 0. The van der Waals surface area contributed by atoms with E-state index in [1.807, 2.05) is 24.3 Å². The van der Waals surface area contributed by atoms with Crippen molar-refractivity contribution in [1.29, 1.82) is 0 Å². The first-order chi connectivity index (χ1) is 10.3. The number of hydrogen-bond donors (Lipinski definition) is 1. The number of aryl methyl sites for hydroxylation is 1. The highest BCUT2D eigenvalue weighted by molar-refractivity contribution is 5.78. The average molecular weight is 287 g/mol. The predicted molar refractivity (Wildman–Crippen MR) is 85.4 cm³/mol. The summed E-state index contributed by atoms with van der Waals surface area (Å²) in [6.07, 6.45) is 9.10. The third-order valence-electron chi connectivity index (χ3n) is 3.80. The number of ether oxygens (including phenoxy) is 1. The Morgan fingerprint density at radius 2 is 2.05 bits per heavy atom. The molecule has 0 bridgehead atoms. The number of benzene rings is 1. The van der Waals surface area contributed by atoms with Gasteiger partial charge in [0.15, 0.2) is 0 Å². The lowest BCUT2D eigenvalue weighted by molar-refractivity contribution is -0.125. The summed E-state index contributed by atoms with van der Waals surface area (Å²) in [6, 6.07) is 8.09. The number of amides is 1. The zero-order valence-electron chi connectivity index (χ0n) is 12.8. The first-order valence-electron chi connectivity index (χ1n) is 7.88. The molecule has 3 heteroatoms. The fourth-order valence-corrected chi connectivity index (χ4v) is 2.44. The van der Waals surface area contributed by atoms with Gasteiger partial charge in [-0.05, 0) is 51.2 Å². The Morgan fingerprint density at radius 3 is 2.76 bits per heavy atom. The van der Waals surface area contributed by atoms with E-state index in [0.717, 1.165) is 44.4 Å². The smallest absolute Gasteiger partial charge is 0.223 e. The fourth-order valence-electron chi connectivity index (χ4n) is 2.44. The Labute approximate surface area is 127 Å². The molecular formula is C18H25NO2. The standard InChI is InChI=1S/C18H25NO2/c1-15-9-11-17(12-10-15)21-14-6-5-13-19-18(20)16-7-3-2-4-8-16/h2-3,9-12,16H,4-8,13-14H2,1H3,(H,19,20)/t16-/m1/s1. The van der Waals surface area contributed by atoms with Crippen LogP contribution in [-0.4, -0.2) is 19.1 Å². The van der Waals surface area contributed by atoms with E-state index in [0.29, 0.717) is 6.61 Å². The number of carbonyl (C=O) groups is 1. The van der Waals surface area contributed by atoms with Crippen molar-refractivity contribution >= 4 is 5.91 Å². The van der Waals surface area contributed by atoms with E-state index in [9.17, 15) is 4.79 Å². The molecule has 0 saturated carbocycles. The molecule has 1 aromatic rings. The molecule has 1 amide bonds. The van der Waals surface area contributed by atoms with Crippen LogP contribution in [0.3, 0.4) is 0 Å². The van der Waals surface area contributed by atoms with Crippen LogP contribution in [0.4, 0.5) is 0 Å². The van der Waals surface area contributed by atoms with E-state index < -0.39 is 0 Å². The second-order valence-electron chi connectivity index (χ2n) is 5.64. The van der Waals surface area contributed by atoms with Crippen molar-refractivity contribution < 1.29 is 9.53 Å². The molecule has 0 radical (unpaired) electrons. The molecule has 0 spiro atoms. The molecule has 0 unspecified atom stereocenters. The fraction of sp³-hybridized carbons (Fsp3) is 0.500. The highest BCUT2D eigenvalue weighted by Crippen LogP contribution is 2.18. The Bertz CT molecular complexity index is 465. The highest BCUT2D eigenvalue weighted by Gasteiger charge is 2.17. The van der Waals surface area contributed by atoms with Gasteiger partial charge in [-0.1, -0.05) is 29.8 Å². The molecule has 1 aliphatic carbocycles. The van der Waals surface area contributed by atoms with Gasteiger partial charge in [0, 0.05) is 12.5 Å². The van der Waals surface area contributed by atoms with Crippen molar-refractivity contribution in [1.82, 2.24) is 5.32 Å². The van der Waals surface area contributed by atoms with Crippen LogP contribution in [-0.2, 0) is 4.79 Å². The van der Waals surface area contributed by atoms with Crippen molar-refractivity contribution in [2.75, 3.05) is 13.2 Å². The molecule has 21 heavy (non-hydrogen) atoms. The molecule has 114 valence electrons. The van der Waals surface area contributed by atoms with Gasteiger partial charge in [-0.3, -0.25) is 4.79 Å². The molecular weight excluding hydrogens is 262 g/mol. The Hall–Kier alpha value is -1.77. The van der Waals surface area contributed by atoms with Gasteiger partial charge in [-0.2, -0.15) is 0 Å². The summed E-state index contributed by atoms with van der Waals surface area (Å²) in [7, 11) is 0. The van der Waals surface area contributed by atoms with E-state index in [4.69, 9.17) is 4.74 Å². The van der Waals surface area contributed by atoms with E-state index in [2.05, 4.69) is 24.4 Å². The molecule has 0 fully saturated rings. The summed E-state index contributed by atoms with van der Waals surface area (Å²) < 4.78 is 5.66. The van der Waals surface area contributed by atoms with Gasteiger partial charge in [0.1, 0.15) is 5.75 Å². The summed E-state index contributed by atoms with van der Waals surface area (Å²) in [5.74, 6) is 1.30. The maximum atomic E-state index is 11.9. The molecule has 2 rings (SSSR count). The summed E-state index contributed by atoms with van der Waals surface area (Å²) in [5, 5.41) is 3.03. The quantitative estimate of drug-likeness (QED) is 0.614. The molecule has 1 N–H and O–H groups in total.